The Balaban J connectivity index is 2.08. The molecule has 0 aliphatic rings. The summed E-state index contributed by atoms with van der Waals surface area (Å²) in [6, 6.07) is 9.67. The van der Waals surface area contributed by atoms with Crippen molar-refractivity contribution in [3.8, 4) is 23.3 Å². The first-order valence-electron chi connectivity index (χ1n) is 7.51. The first-order chi connectivity index (χ1) is 12.3. The standard InChI is InChI=1S/C19H16F3NO3/c1-25-15-10-14(11-16(12-15)26-2)18(24)23-9-5-7-13-6-3-4-8-17(13)19(20,21)22/h3-4,6,8,10-12H,9H2,1-2H3,(H,23,24). The molecule has 4 nitrogen and oxygen atoms in total. The van der Waals surface area contributed by atoms with Crippen LogP contribution >= 0.6 is 0 Å². The highest BCUT2D eigenvalue weighted by atomic mass is 19.4. The Labute approximate surface area is 148 Å². The van der Waals surface area contributed by atoms with Crippen molar-refractivity contribution in [1.29, 1.82) is 0 Å². The van der Waals surface area contributed by atoms with Crippen LogP contribution in [0.4, 0.5) is 13.2 Å². The van der Waals surface area contributed by atoms with Gasteiger partial charge in [0.15, 0.2) is 0 Å². The van der Waals surface area contributed by atoms with Crippen LogP contribution in [0.3, 0.4) is 0 Å². The summed E-state index contributed by atoms with van der Waals surface area (Å²) >= 11 is 0. The summed E-state index contributed by atoms with van der Waals surface area (Å²) in [5, 5.41) is 2.53. The van der Waals surface area contributed by atoms with Crippen LogP contribution in [0.15, 0.2) is 42.5 Å². The quantitative estimate of drug-likeness (QED) is 0.846. The maximum Gasteiger partial charge on any atom is 0.417 e. The lowest BCUT2D eigenvalue weighted by molar-refractivity contribution is -0.137. The number of halogens is 3. The van der Waals surface area contributed by atoms with E-state index in [9.17, 15) is 18.0 Å². The van der Waals surface area contributed by atoms with Crippen LogP contribution in [0, 0.1) is 11.8 Å². The predicted molar refractivity (Wildman–Crippen MR) is 90.2 cm³/mol. The van der Waals surface area contributed by atoms with Crippen molar-refractivity contribution < 1.29 is 27.4 Å². The van der Waals surface area contributed by atoms with Crippen LogP contribution in [0.1, 0.15) is 21.5 Å². The number of carbonyl (C=O) groups excluding carboxylic acids is 1. The van der Waals surface area contributed by atoms with Gasteiger partial charge in [-0.2, -0.15) is 13.2 Å². The number of nitrogens with one attached hydrogen (secondary N) is 1. The van der Waals surface area contributed by atoms with Crippen molar-refractivity contribution in [2.75, 3.05) is 20.8 Å². The van der Waals surface area contributed by atoms with Gasteiger partial charge in [0, 0.05) is 17.2 Å². The number of amides is 1. The average molecular weight is 363 g/mol. The molecule has 0 aromatic heterocycles. The number of rotatable bonds is 4. The van der Waals surface area contributed by atoms with Gasteiger partial charge in [0.2, 0.25) is 0 Å². The average Bonchev–Trinajstić information content (AvgIpc) is 2.64. The van der Waals surface area contributed by atoms with Crippen LogP contribution in [0.5, 0.6) is 11.5 Å². The topological polar surface area (TPSA) is 47.6 Å². The van der Waals surface area contributed by atoms with Crippen molar-refractivity contribution in [2.45, 2.75) is 6.18 Å². The molecule has 2 aromatic carbocycles. The van der Waals surface area contributed by atoms with E-state index in [0.29, 0.717) is 17.1 Å². The maximum atomic E-state index is 12.9. The molecule has 0 heterocycles. The van der Waals surface area contributed by atoms with E-state index in [2.05, 4.69) is 17.2 Å². The number of alkyl halides is 3. The number of hydrogen-bond acceptors (Lipinski definition) is 3. The van der Waals surface area contributed by atoms with Gasteiger partial charge in [0.05, 0.1) is 26.3 Å². The Kier molecular flexibility index (Phi) is 6.12. The van der Waals surface area contributed by atoms with Crippen LogP contribution < -0.4 is 14.8 Å². The largest absolute Gasteiger partial charge is 0.497 e. The van der Waals surface area contributed by atoms with E-state index < -0.39 is 17.6 Å². The SMILES string of the molecule is COc1cc(OC)cc(C(=O)NCC#Cc2ccccc2C(F)(F)F)c1. The molecule has 0 radical (unpaired) electrons. The minimum Gasteiger partial charge on any atom is -0.497 e. The fraction of sp³-hybridized carbons (Fsp3) is 0.211. The van der Waals surface area contributed by atoms with Gasteiger partial charge in [0.1, 0.15) is 11.5 Å². The monoisotopic (exact) mass is 363 g/mol. The highest BCUT2D eigenvalue weighted by molar-refractivity contribution is 5.95. The second-order valence-electron chi connectivity index (χ2n) is 5.13. The highest BCUT2D eigenvalue weighted by Gasteiger charge is 2.32. The van der Waals surface area contributed by atoms with Gasteiger partial charge in [-0.3, -0.25) is 4.79 Å². The number of methoxy groups -OCH3 is 2. The molecular weight excluding hydrogens is 347 g/mol. The molecule has 0 unspecified atom stereocenters. The number of carbonyl (C=O) groups is 1. The highest BCUT2D eigenvalue weighted by Crippen LogP contribution is 2.31. The van der Waals surface area contributed by atoms with Gasteiger partial charge < -0.3 is 14.8 Å². The Hall–Kier alpha value is -3.14. The molecule has 1 amide bonds. The van der Waals surface area contributed by atoms with Crippen molar-refractivity contribution in [2.24, 2.45) is 0 Å². The van der Waals surface area contributed by atoms with Gasteiger partial charge in [-0.15, -0.1) is 0 Å². The third-order valence-corrected chi connectivity index (χ3v) is 3.41. The van der Waals surface area contributed by atoms with Gasteiger partial charge in [-0.25, -0.2) is 0 Å². The van der Waals surface area contributed by atoms with Crippen LogP contribution in [-0.2, 0) is 6.18 Å². The van der Waals surface area contributed by atoms with Crippen molar-refractivity contribution in [1.82, 2.24) is 5.32 Å². The van der Waals surface area contributed by atoms with Gasteiger partial charge in [-0.1, -0.05) is 24.0 Å². The fourth-order valence-corrected chi connectivity index (χ4v) is 2.14. The van der Waals surface area contributed by atoms with E-state index in [1.165, 1.54) is 44.6 Å². The summed E-state index contributed by atoms with van der Waals surface area (Å²) in [6.07, 6.45) is -4.48. The van der Waals surface area contributed by atoms with E-state index in [0.717, 1.165) is 6.07 Å². The summed E-state index contributed by atoms with van der Waals surface area (Å²) in [5.74, 6) is 5.41. The number of hydrogen-bond donors (Lipinski definition) is 1. The summed E-state index contributed by atoms with van der Waals surface area (Å²) in [4.78, 5) is 12.1. The summed E-state index contributed by atoms with van der Waals surface area (Å²) in [5.41, 5.74) is -0.660. The fourth-order valence-electron chi connectivity index (χ4n) is 2.14. The molecule has 0 saturated heterocycles. The van der Waals surface area contributed by atoms with Crippen LogP contribution in [-0.4, -0.2) is 26.7 Å². The first-order valence-corrected chi connectivity index (χ1v) is 7.51. The third-order valence-electron chi connectivity index (χ3n) is 3.41. The molecule has 0 aliphatic heterocycles. The zero-order valence-electron chi connectivity index (χ0n) is 14.1. The number of ether oxygens (including phenoxy) is 2. The predicted octanol–water partition coefficient (Wildman–Crippen LogP) is 3.50. The first kappa shape index (κ1) is 19.2. The molecule has 136 valence electrons. The molecule has 7 heteroatoms. The lowest BCUT2D eigenvalue weighted by Gasteiger charge is -2.08. The lowest BCUT2D eigenvalue weighted by atomic mass is 10.1. The summed E-state index contributed by atoms with van der Waals surface area (Å²) in [6.45, 7) is -0.107. The zero-order chi connectivity index (χ0) is 19.2. The number of benzene rings is 2. The van der Waals surface area contributed by atoms with Gasteiger partial charge >= 0.3 is 6.18 Å². The van der Waals surface area contributed by atoms with E-state index >= 15 is 0 Å². The molecule has 0 bridgehead atoms. The molecule has 0 atom stereocenters. The molecule has 0 fully saturated rings. The molecule has 0 aliphatic carbocycles. The minimum absolute atomic E-state index is 0.107. The van der Waals surface area contributed by atoms with E-state index in [4.69, 9.17) is 9.47 Å². The minimum atomic E-state index is -4.48. The summed E-state index contributed by atoms with van der Waals surface area (Å²) < 4.78 is 48.8. The normalized spacial score (nSPS) is 10.5. The molecule has 0 spiro atoms. The Morgan fingerprint density at radius 3 is 2.27 bits per heavy atom. The Bertz CT molecular complexity index is 829. The van der Waals surface area contributed by atoms with Gasteiger partial charge in [-0.05, 0) is 24.3 Å². The molecule has 2 rings (SSSR count). The van der Waals surface area contributed by atoms with Crippen molar-refractivity contribution in [3.63, 3.8) is 0 Å². The molecule has 1 N–H and O–H groups in total. The van der Waals surface area contributed by atoms with Crippen LogP contribution in [0.25, 0.3) is 0 Å². The van der Waals surface area contributed by atoms with Gasteiger partial charge in [0.25, 0.3) is 5.91 Å². The lowest BCUT2D eigenvalue weighted by Crippen LogP contribution is -2.23. The molecule has 26 heavy (non-hydrogen) atoms. The van der Waals surface area contributed by atoms with Crippen LogP contribution in [0.2, 0.25) is 0 Å². The molecular formula is C19H16F3NO3. The molecule has 2 aromatic rings. The smallest absolute Gasteiger partial charge is 0.417 e. The summed E-state index contributed by atoms with van der Waals surface area (Å²) in [7, 11) is 2.92. The third kappa shape index (κ3) is 4.93. The van der Waals surface area contributed by atoms with Crippen molar-refractivity contribution >= 4 is 5.91 Å². The Morgan fingerprint density at radius 2 is 1.69 bits per heavy atom. The van der Waals surface area contributed by atoms with E-state index in [-0.39, 0.29) is 12.1 Å². The van der Waals surface area contributed by atoms with E-state index in [1.54, 1.807) is 6.07 Å². The second kappa shape index (κ2) is 8.30. The molecule has 0 saturated carbocycles. The maximum absolute atomic E-state index is 12.9. The van der Waals surface area contributed by atoms with E-state index in [1.807, 2.05) is 0 Å². The van der Waals surface area contributed by atoms with Crippen molar-refractivity contribution in [3.05, 3.63) is 59.2 Å². The zero-order valence-corrected chi connectivity index (χ0v) is 14.1. The second-order valence-corrected chi connectivity index (χ2v) is 5.13. The Morgan fingerprint density at radius 1 is 1.08 bits per heavy atom.